The van der Waals surface area contributed by atoms with Gasteiger partial charge in [-0.25, -0.2) is 0 Å². The van der Waals surface area contributed by atoms with Crippen LogP contribution >= 0.6 is 0 Å². The molecule has 0 fully saturated rings. The molecule has 0 bridgehead atoms. The summed E-state index contributed by atoms with van der Waals surface area (Å²) in [5.41, 5.74) is 23.0. The lowest BCUT2D eigenvalue weighted by molar-refractivity contribution is 0.178. The van der Waals surface area contributed by atoms with Crippen molar-refractivity contribution in [3.8, 4) is 0 Å². The Bertz CT molecular complexity index is 419. The highest BCUT2D eigenvalue weighted by molar-refractivity contribution is 4.70. The van der Waals surface area contributed by atoms with Crippen LogP contribution in [0.15, 0.2) is 0 Å². The van der Waals surface area contributed by atoms with Gasteiger partial charge in [-0.3, -0.25) is 14.7 Å². The molecule has 0 aromatic heterocycles. The van der Waals surface area contributed by atoms with Crippen molar-refractivity contribution in [1.82, 2.24) is 35.6 Å². The minimum Gasteiger partial charge on any atom is -0.329 e. The Balaban J connectivity index is 4.69. The van der Waals surface area contributed by atoms with E-state index < -0.39 is 0 Å². The third-order valence-electron chi connectivity index (χ3n) is 6.33. The van der Waals surface area contributed by atoms with Crippen LogP contribution in [0.25, 0.3) is 0 Å². The highest BCUT2D eigenvalue weighted by Crippen LogP contribution is 1.96. The smallest absolute Gasteiger partial charge is 0.0110 e. The molecule has 0 spiro atoms. The molecular formula is C25H63N11. The maximum absolute atomic E-state index is 5.80. The molecule has 0 unspecified atom stereocenters. The first-order valence-electron chi connectivity index (χ1n) is 14.5. The fourth-order valence-corrected chi connectivity index (χ4v) is 4.25. The van der Waals surface area contributed by atoms with E-state index in [2.05, 4.69) is 49.4 Å². The Labute approximate surface area is 223 Å². The quantitative estimate of drug-likeness (QED) is 0.0516. The van der Waals surface area contributed by atoms with Crippen LogP contribution in [0.5, 0.6) is 0 Å². The molecule has 218 valence electrons. The molecule has 11 N–H and O–H groups in total. The van der Waals surface area contributed by atoms with Crippen LogP contribution in [0, 0.1) is 0 Å². The number of likely N-dealkylation sites (N-methyl/N-ethyl adjacent to an activating group) is 1. The summed E-state index contributed by atoms with van der Waals surface area (Å²) in [6, 6.07) is 0. The van der Waals surface area contributed by atoms with Crippen molar-refractivity contribution >= 4 is 0 Å². The third kappa shape index (κ3) is 21.6. The molecule has 0 aliphatic rings. The molecule has 0 amide bonds. The van der Waals surface area contributed by atoms with Crippen molar-refractivity contribution in [2.24, 2.45) is 22.9 Å². The highest BCUT2D eigenvalue weighted by atomic mass is 15.2. The molecule has 11 heteroatoms. The van der Waals surface area contributed by atoms with Gasteiger partial charge in [0.1, 0.15) is 0 Å². The van der Waals surface area contributed by atoms with Gasteiger partial charge < -0.3 is 43.8 Å². The molecule has 0 atom stereocenters. The van der Waals surface area contributed by atoms with Crippen LogP contribution in [-0.4, -0.2) is 164 Å². The summed E-state index contributed by atoms with van der Waals surface area (Å²) in [6.07, 6.45) is 1.17. The van der Waals surface area contributed by atoms with Gasteiger partial charge in [-0.05, 0) is 19.5 Å². The van der Waals surface area contributed by atoms with E-state index in [1.165, 1.54) is 6.42 Å². The lowest BCUT2D eigenvalue weighted by atomic mass is 10.3. The molecule has 0 aliphatic heterocycles. The van der Waals surface area contributed by atoms with Gasteiger partial charge in [-0.2, -0.15) is 0 Å². The molecule has 0 aromatic carbocycles. The number of rotatable bonds is 29. The summed E-state index contributed by atoms with van der Waals surface area (Å²) in [4.78, 5) is 9.97. The minimum atomic E-state index is 0.677. The summed E-state index contributed by atoms with van der Waals surface area (Å²) in [7, 11) is 0. The van der Waals surface area contributed by atoms with Crippen LogP contribution in [-0.2, 0) is 0 Å². The Morgan fingerprint density at radius 2 is 0.750 bits per heavy atom. The molecular weight excluding hydrogens is 454 g/mol. The summed E-state index contributed by atoms with van der Waals surface area (Å²) >= 11 is 0. The molecule has 0 aliphatic carbocycles. The first-order chi connectivity index (χ1) is 17.6. The van der Waals surface area contributed by atoms with Crippen molar-refractivity contribution < 1.29 is 0 Å². The van der Waals surface area contributed by atoms with Crippen LogP contribution in [0.1, 0.15) is 20.3 Å². The number of nitrogens with two attached hydrogens (primary N) is 4. The standard InChI is InChI=1S/C25H63N11/c1-3-14-33(15-6-27)19-12-32-13-21-35(20-11-31-9-5-26)23-25-36(18-10-30-4-2)24-22-34(16-7-28)17-8-29/h30-32H,3-29H2,1-2H3. The molecule has 0 heterocycles. The molecule has 36 heavy (non-hydrogen) atoms. The van der Waals surface area contributed by atoms with Gasteiger partial charge in [0, 0.05) is 131 Å². The van der Waals surface area contributed by atoms with Crippen LogP contribution in [0.4, 0.5) is 0 Å². The number of hydrogen-bond donors (Lipinski definition) is 7. The zero-order valence-corrected chi connectivity index (χ0v) is 23.9. The van der Waals surface area contributed by atoms with E-state index in [0.29, 0.717) is 19.6 Å². The normalized spacial score (nSPS) is 12.2. The predicted octanol–water partition coefficient (Wildman–Crippen LogP) is -2.77. The van der Waals surface area contributed by atoms with E-state index in [0.717, 1.165) is 124 Å². The van der Waals surface area contributed by atoms with E-state index in [4.69, 9.17) is 22.9 Å². The van der Waals surface area contributed by atoms with E-state index in [1.807, 2.05) is 0 Å². The van der Waals surface area contributed by atoms with Gasteiger partial charge >= 0.3 is 0 Å². The molecule has 11 nitrogen and oxygen atoms in total. The Morgan fingerprint density at radius 3 is 1.14 bits per heavy atom. The molecule has 0 radical (unpaired) electrons. The Kier molecular flexibility index (Phi) is 27.3. The van der Waals surface area contributed by atoms with Crippen molar-refractivity contribution in [3.05, 3.63) is 0 Å². The largest absolute Gasteiger partial charge is 0.329 e. The van der Waals surface area contributed by atoms with E-state index in [9.17, 15) is 0 Å². The van der Waals surface area contributed by atoms with Gasteiger partial charge in [0.25, 0.3) is 0 Å². The predicted molar refractivity (Wildman–Crippen MR) is 157 cm³/mol. The van der Waals surface area contributed by atoms with E-state index in [-0.39, 0.29) is 0 Å². The maximum Gasteiger partial charge on any atom is 0.0110 e. The summed E-state index contributed by atoms with van der Waals surface area (Å²) in [5.74, 6) is 0. The molecule has 0 saturated heterocycles. The van der Waals surface area contributed by atoms with Crippen LogP contribution in [0.2, 0.25) is 0 Å². The summed E-state index contributed by atoms with van der Waals surface area (Å²) < 4.78 is 0. The third-order valence-corrected chi connectivity index (χ3v) is 6.33. The molecule has 0 aromatic rings. The van der Waals surface area contributed by atoms with Crippen LogP contribution < -0.4 is 38.9 Å². The van der Waals surface area contributed by atoms with Crippen molar-refractivity contribution in [2.75, 3.05) is 144 Å². The fourth-order valence-electron chi connectivity index (χ4n) is 4.25. The Morgan fingerprint density at radius 1 is 0.389 bits per heavy atom. The van der Waals surface area contributed by atoms with Gasteiger partial charge in [-0.15, -0.1) is 0 Å². The zero-order chi connectivity index (χ0) is 26.7. The maximum atomic E-state index is 5.80. The SMILES string of the molecule is CCCN(CCN)CCNCCN(CCNCCN)CCN(CCNCC)CCN(CCN)CCN. The zero-order valence-electron chi connectivity index (χ0n) is 23.9. The summed E-state index contributed by atoms with van der Waals surface area (Å²) in [6.45, 7) is 25.3. The first-order valence-corrected chi connectivity index (χ1v) is 14.5. The minimum absolute atomic E-state index is 0.677. The number of hydrogen-bond acceptors (Lipinski definition) is 11. The molecule has 0 saturated carbocycles. The lowest BCUT2D eigenvalue weighted by Gasteiger charge is -2.30. The van der Waals surface area contributed by atoms with Gasteiger partial charge in [0.05, 0.1) is 0 Å². The van der Waals surface area contributed by atoms with Gasteiger partial charge in [0.2, 0.25) is 0 Å². The first kappa shape index (κ1) is 35.6. The average Bonchev–Trinajstić information content (AvgIpc) is 2.87. The average molecular weight is 518 g/mol. The lowest BCUT2D eigenvalue weighted by Crippen LogP contribution is -2.46. The van der Waals surface area contributed by atoms with Crippen molar-refractivity contribution in [3.63, 3.8) is 0 Å². The van der Waals surface area contributed by atoms with Gasteiger partial charge in [-0.1, -0.05) is 13.8 Å². The second-order valence-corrected chi connectivity index (χ2v) is 9.37. The fraction of sp³-hybridized carbons (Fsp3) is 1.00. The molecule has 0 rings (SSSR count). The van der Waals surface area contributed by atoms with Gasteiger partial charge in [0.15, 0.2) is 0 Å². The van der Waals surface area contributed by atoms with Crippen molar-refractivity contribution in [1.29, 1.82) is 0 Å². The monoisotopic (exact) mass is 518 g/mol. The number of nitrogens with zero attached hydrogens (tertiary/aromatic N) is 4. The summed E-state index contributed by atoms with van der Waals surface area (Å²) in [5, 5.41) is 10.6. The topological polar surface area (TPSA) is 153 Å². The van der Waals surface area contributed by atoms with Crippen molar-refractivity contribution in [2.45, 2.75) is 20.3 Å². The second-order valence-electron chi connectivity index (χ2n) is 9.37. The number of nitrogens with one attached hydrogen (secondary N) is 3. The van der Waals surface area contributed by atoms with E-state index >= 15 is 0 Å². The van der Waals surface area contributed by atoms with E-state index in [1.54, 1.807) is 0 Å². The second kappa shape index (κ2) is 27.6. The van der Waals surface area contributed by atoms with Crippen LogP contribution in [0.3, 0.4) is 0 Å². The Hall–Kier alpha value is -0.440. The highest BCUT2D eigenvalue weighted by Gasteiger charge is 2.12.